The van der Waals surface area contributed by atoms with Crippen molar-refractivity contribution in [3.05, 3.63) is 31.3 Å². The van der Waals surface area contributed by atoms with Gasteiger partial charge < -0.3 is 4.98 Å². The third kappa shape index (κ3) is 2.07. The molecule has 5 nitrogen and oxygen atoms in total. The molecule has 0 saturated carbocycles. The molecule has 7 heteroatoms. The van der Waals surface area contributed by atoms with Gasteiger partial charge in [0.15, 0.2) is 4.77 Å². The second-order valence-corrected chi connectivity index (χ2v) is 4.29. The van der Waals surface area contributed by atoms with Gasteiger partial charge in [0.05, 0.1) is 6.54 Å². The highest BCUT2D eigenvalue weighted by Gasteiger charge is 2.05. The molecule has 2 N–H and O–H groups in total. The van der Waals surface area contributed by atoms with Crippen LogP contribution in [-0.4, -0.2) is 19.7 Å². The predicted molar refractivity (Wildman–Crippen MR) is 60.8 cm³/mol. The Hall–Kier alpha value is -1.21. The summed E-state index contributed by atoms with van der Waals surface area (Å²) in [7, 11) is 0. The lowest BCUT2D eigenvalue weighted by Gasteiger charge is -2.02. The van der Waals surface area contributed by atoms with Crippen molar-refractivity contribution in [1.82, 2.24) is 19.7 Å². The van der Waals surface area contributed by atoms with Gasteiger partial charge in [-0.1, -0.05) is 18.3 Å². The molecule has 0 aliphatic carbocycles. The Bertz CT molecular complexity index is 561. The van der Waals surface area contributed by atoms with Crippen LogP contribution in [0, 0.1) is 4.77 Å². The fraction of sp³-hybridized carbons (Fsp3) is 0.375. The van der Waals surface area contributed by atoms with Gasteiger partial charge in [-0.25, -0.2) is 0 Å². The van der Waals surface area contributed by atoms with Gasteiger partial charge in [-0.2, -0.15) is 5.10 Å². The van der Waals surface area contributed by atoms with Crippen LogP contribution in [0.25, 0.3) is 0 Å². The molecule has 0 aliphatic heterocycles. The van der Waals surface area contributed by atoms with Gasteiger partial charge >= 0.3 is 4.87 Å². The van der Waals surface area contributed by atoms with Crippen molar-refractivity contribution in [3.63, 3.8) is 0 Å². The molecule has 0 spiro atoms. The molecule has 0 aliphatic rings. The number of nitrogens with one attached hydrogen (secondary N) is 2. The van der Waals surface area contributed by atoms with Gasteiger partial charge in [0, 0.05) is 17.5 Å². The lowest BCUT2D eigenvalue weighted by atomic mass is 10.4. The summed E-state index contributed by atoms with van der Waals surface area (Å²) in [6.45, 7) is 2.58. The molecule has 2 heterocycles. The highest BCUT2D eigenvalue weighted by Crippen LogP contribution is 2.04. The van der Waals surface area contributed by atoms with E-state index in [2.05, 4.69) is 15.2 Å². The van der Waals surface area contributed by atoms with Crippen LogP contribution in [0.15, 0.2) is 10.2 Å². The van der Waals surface area contributed by atoms with Crippen molar-refractivity contribution in [3.8, 4) is 0 Å². The monoisotopic (exact) mass is 242 g/mol. The molecule has 2 aromatic heterocycles. The maximum absolute atomic E-state index is 11.0. The SMILES string of the molecule is CCc1n[nH]c(=S)n1Cc1csc(=O)[nH]1. The lowest BCUT2D eigenvalue weighted by molar-refractivity contribution is 0.711. The molecule has 2 aromatic rings. The van der Waals surface area contributed by atoms with Crippen LogP contribution in [0.4, 0.5) is 0 Å². The maximum atomic E-state index is 11.0. The van der Waals surface area contributed by atoms with Crippen LogP contribution in [0.5, 0.6) is 0 Å². The summed E-state index contributed by atoms with van der Waals surface area (Å²) in [6.07, 6.45) is 0.807. The van der Waals surface area contributed by atoms with E-state index >= 15 is 0 Å². The van der Waals surface area contributed by atoms with Crippen molar-refractivity contribution in [2.45, 2.75) is 19.9 Å². The summed E-state index contributed by atoms with van der Waals surface area (Å²) < 4.78 is 2.46. The number of rotatable bonds is 3. The molecule has 0 amide bonds. The Morgan fingerprint density at radius 1 is 1.67 bits per heavy atom. The average Bonchev–Trinajstić information content (AvgIpc) is 2.76. The van der Waals surface area contributed by atoms with E-state index < -0.39 is 0 Å². The van der Waals surface area contributed by atoms with Crippen LogP contribution in [0.1, 0.15) is 18.4 Å². The molecule has 0 radical (unpaired) electrons. The topological polar surface area (TPSA) is 66.5 Å². The van der Waals surface area contributed by atoms with Gasteiger partial charge in [0.1, 0.15) is 5.82 Å². The number of aromatic nitrogens is 4. The molecule has 80 valence electrons. The highest BCUT2D eigenvalue weighted by molar-refractivity contribution is 7.71. The Balaban J connectivity index is 2.35. The minimum atomic E-state index is -0.0435. The van der Waals surface area contributed by atoms with Crippen LogP contribution in [0.3, 0.4) is 0 Å². The van der Waals surface area contributed by atoms with E-state index in [1.54, 1.807) is 5.38 Å². The van der Waals surface area contributed by atoms with Crippen LogP contribution in [0.2, 0.25) is 0 Å². The standard InChI is InChI=1S/C8H10N4OS2/c1-2-6-10-11-7(14)12(6)3-5-4-15-8(13)9-5/h4H,2-3H2,1H3,(H,9,13)(H,11,14). The Kier molecular flexibility index (Phi) is 2.83. The molecule has 2 rings (SSSR count). The smallest absolute Gasteiger partial charge is 0.304 e. The van der Waals surface area contributed by atoms with Crippen LogP contribution in [-0.2, 0) is 13.0 Å². The normalized spacial score (nSPS) is 10.7. The van der Waals surface area contributed by atoms with Gasteiger partial charge in [0.2, 0.25) is 0 Å². The van der Waals surface area contributed by atoms with E-state index in [4.69, 9.17) is 12.2 Å². The zero-order valence-corrected chi connectivity index (χ0v) is 9.74. The second kappa shape index (κ2) is 4.11. The van der Waals surface area contributed by atoms with E-state index in [1.165, 1.54) is 0 Å². The third-order valence-electron chi connectivity index (χ3n) is 2.05. The number of nitrogens with zero attached hydrogens (tertiary/aromatic N) is 2. The van der Waals surface area contributed by atoms with Crippen LogP contribution < -0.4 is 4.87 Å². The van der Waals surface area contributed by atoms with Gasteiger partial charge in [-0.05, 0) is 12.2 Å². The van der Waals surface area contributed by atoms with E-state index in [-0.39, 0.29) is 4.87 Å². The molecule has 0 saturated heterocycles. The Labute approximate surface area is 94.8 Å². The van der Waals surface area contributed by atoms with E-state index in [1.807, 2.05) is 11.5 Å². The molecule has 0 unspecified atom stereocenters. The summed E-state index contributed by atoms with van der Waals surface area (Å²) >= 11 is 6.26. The van der Waals surface area contributed by atoms with Crippen molar-refractivity contribution >= 4 is 23.6 Å². The van der Waals surface area contributed by atoms with Crippen molar-refractivity contribution < 1.29 is 0 Å². The fourth-order valence-corrected chi connectivity index (χ4v) is 2.13. The summed E-state index contributed by atoms with van der Waals surface area (Å²) in [6, 6.07) is 0. The molecular formula is C8H10N4OS2. The minimum absolute atomic E-state index is 0.0435. The van der Waals surface area contributed by atoms with Gasteiger partial charge in [0.25, 0.3) is 0 Å². The average molecular weight is 242 g/mol. The highest BCUT2D eigenvalue weighted by atomic mass is 32.1. The summed E-state index contributed by atoms with van der Waals surface area (Å²) in [5.74, 6) is 0.895. The molecule has 0 aromatic carbocycles. The summed E-state index contributed by atoms with van der Waals surface area (Å²) in [4.78, 5) is 13.7. The number of hydrogen-bond donors (Lipinski definition) is 2. The first kappa shape index (κ1) is 10.3. The van der Waals surface area contributed by atoms with Crippen LogP contribution >= 0.6 is 23.6 Å². The maximum Gasteiger partial charge on any atom is 0.304 e. The lowest BCUT2D eigenvalue weighted by Crippen LogP contribution is -2.06. The fourth-order valence-electron chi connectivity index (χ4n) is 1.35. The van der Waals surface area contributed by atoms with Crippen molar-refractivity contribution in [2.24, 2.45) is 0 Å². The second-order valence-electron chi connectivity index (χ2n) is 3.06. The Morgan fingerprint density at radius 3 is 3.07 bits per heavy atom. The van der Waals surface area contributed by atoms with E-state index in [0.717, 1.165) is 29.3 Å². The minimum Gasteiger partial charge on any atom is -0.315 e. The zero-order valence-electron chi connectivity index (χ0n) is 8.11. The quantitative estimate of drug-likeness (QED) is 0.797. The first-order chi connectivity index (χ1) is 7.20. The Morgan fingerprint density at radius 2 is 2.47 bits per heavy atom. The molecular weight excluding hydrogens is 232 g/mol. The van der Waals surface area contributed by atoms with E-state index in [9.17, 15) is 4.79 Å². The first-order valence-corrected chi connectivity index (χ1v) is 5.80. The van der Waals surface area contributed by atoms with Crippen molar-refractivity contribution in [2.75, 3.05) is 0 Å². The van der Waals surface area contributed by atoms with Crippen molar-refractivity contribution in [1.29, 1.82) is 0 Å². The number of aryl methyl sites for hydroxylation is 1. The molecule has 15 heavy (non-hydrogen) atoms. The zero-order chi connectivity index (χ0) is 10.8. The number of thiazole rings is 1. The van der Waals surface area contributed by atoms with Gasteiger partial charge in [-0.3, -0.25) is 14.5 Å². The number of H-pyrrole nitrogens is 2. The third-order valence-corrected chi connectivity index (χ3v) is 3.08. The largest absolute Gasteiger partial charge is 0.315 e. The molecule has 0 bridgehead atoms. The predicted octanol–water partition coefficient (Wildman–Crippen LogP) is 1.30. The molecule has 0 fully saturated rings. The number of aromatic amines is 2. The summed E-state index contributed by atoms with van der Waals surface area (Å²) in [5, 5.41) is 8.64. The molecule has 0 atom stereocenters. The summed E-state index contributed by atoms with van der Waals surface area (Å²) in [5.41, 5.74) is 0.859. The van der Waals surface area contributed by atoms with E-state index in [0.29, 0.717) is 11.3 Å². The van der Waals surface area contributed by atoms with Gasteiger partial charge in [-0.15, -0.1) is 0 Å². The first-order valence-electron chi connectivity index (χ1n) is 4.51. The number of hydrogen-bond acceptors (Lipinski definition) is 4.